The highest BCUT2D eigenvalue weighted by Crippen LogP contribution is 2.28. The van der Waals surface area contributed by atoms with Crippen molar-refractivity contribution in [2.45, 2.75) is 32.6 Å². The van der Waals surface area contributed by atoms with Crippen LogP contribution in [0.25, 0.3) is 6.08 Å². The number of amidine groups is 1. The molecule has 0 fully saturated rings. The number of ether oxygens (including phenoxy) is 1. The van der Waals surface area contributed by atoms with Crippen LogP contribution in [-0.2, 0) is 11.2 Å². The molecule has 0 atom stereocenters. The molecule has 2 aromatic carbocycles. The molecule has 5 heteroatoms. The average Bonchev–Trinajstić information content (AvgIpc) is 2.99. The van der Waals surface area contributed by atoms with E-state index in [0.29, 0.717) is 28.9 Å². The number of carbonyl (C=O) groups excluding carboxylic acids is 1. The van der Waals surface area contributed by atoms with Gasteiger partial charge in [0.1, 0.15) is 17.3 Å². The second-order valence-electron chi connectivity index (χ2n) is 6.83. The topological polar surface area (TPSA) is 50.7 Å². The van der Waals surface area contributed by atoms with Crippen LogP contribution in [-0.4, -0.2) is 18.9 Å². The first kappa shape index (κ1) is 19.2. The summed E-state index contributed by atoms with van der Waals surface area (Å²) < 4.78 is 5.42. The fourth-order valence-corrected chi connectivity index (χ4v) is 3.26. The van der Waals surface area contributed by atoms with Crippen molar-refractivity contribution in [2.24, 2.45) is 4.99 Å². The van der Waals surface area contributed by atoms with Crippen molar-refractivity contribution in [3.63, 3.8) is 0 Å². The van der Waals surface area contributed by atoms with Crippen LogP contribution in [0.3, 0.4) is 0 Å². The van der Waals surface area contributed by atoms with Gasteiger partial charge in [-0.05, 0) is 59.4 Å². The zero-order valence-corrected chi connectivity index (χ0v) is 16.5. The van der Waals surface area contributed by atoms with Crippen LogP contribution in [0.5, 0.6) is 5.75 Å². The number of aryl methyl sites for hydroxylation is 1. The molecule has 0 saturated carbocycles. The Morgan fingerprint density at radius 3 is 2.70 bits per heavy atom. The lowest BCUT2D eigenvalue weighted by molar-refractivity contribution is -0.115. The van der Waals surface area contributed by atoms with Crippen LogP contribution >= 0.6 is 11.6 Å². The van der Waals surface area contributed by atoms with Crippen molar-refractivity contribution in [2.75, 3.05) is 7.11 Å². The average molecular weight is 383 g/mol. The van der Waals surface area contributed by atoms with Gasteiger partial charge < -0.3 is 10.1 Å². The maximum absolute atomic E-state index is 12.3. The van der Waals surface area contributed by atoms with E-state index in [4.69, 9.17) is 16.3 Å². The number of halogens is 1. The number of nitrogens with one attached hydrogen (secondary N) is 1. The second-order valence-corrected chi connectivity index (χ2v) is 7.26. The molecule has 0 spiro atoms. The van der Waals surface area contributed by atoms with Crippen LogP contribution in [0.1, 0.15) is 42.9 Å². The van der Waals surface area contributed by atoms with Crippen LogP contribution in [0.4, 0.5) is 0 Å². The first-order valence-electron chi connectivity index (χ1n) is 8.99. The fourth-order valence-electron chi connectivity index (χ4n) is 3.04. The molecule has 140 valence electrons. The molecule has 2 aromatic rings. The minimum atomic E-state index is -0.169. The number of benzene rings is 2. The van der Waals surface area contributed by atoms with Crippen molar-refractivity contribution in [1.82, 2.24) is 5.32 Å². The molecule has 27 heavy (non-hydrogen) atoms. The quantitative estimate of drug-likeness (QED) is 0.717. The predicted molar refractivity (Wildman–Crippen MR) is 110 cm³/mol. The van der Waals surface area contributed by atoms with Crippen LogP contribution < -0.4 is 10.1 Å². The van der Waals surface area contributed by atoms with E-state index in [9.17, 15) is 4.79 Å². The van der Waals surface area contributed by atoms with Crippen LogP contribution in [0.15, 0.2) is 53.2 Å². The lowest BCUT2D eigenvalue weighted by atomic mass is 9.99. The second kappa shape index (κ2) is 8.40. The highest BCUT2D eigenvalue weighted by Gasteiger charge is 2.20. The normalized spacial score (nSPS) is 15.2. The zero-order valence-electron chi connectivity index (χ0n) is 15.8. The summed E-state index contributed by atoms with van der Waals surface area (Å²) in [6, 6.07) is 13.6. The van der Waals surface area contributed by atoms with Crippen LogP contribution in [0.2, 0.25) is 5.02 Å². The van der Waals surface area contributed by atoms with Crippen molar-refractivity contribution in [1.29, 1.82) is 0 Å². The number of rotatable bonds is 6. The molecule has 1 aliphatic rings. The van der Waals surface area contributed by atoms with Crippen LogP contribution in [0, 0.1) is 0 Å². The van der Waals surface area contributed by atoms with Crippen molar-refractivity contribution in [3.8, 4) is 5.75 Å². The Balaban J connectivity index is 1.76. The van der Waals surface area contributed by atoms with Gasteiger partial charge in [-0.2, -0.15) is 0 Å². The summed E-state index contributed by atoms with van der Waals surface area (Å²) >= 11 is 6.02. The minimum Gasteiger partial charge on any atom is -0.496 e. The molecule has 1 N–H and O–H groups in total. The van der Waals surface area contributed by atoms with Gasteiger partial charge in [0.25, 0.3) is 5.91 Å². The number of carbonyl (C=O) groups is 1. The highest BCUT2D eigenvalue weighted by molar-refractivity contribution is 6.30. The molecule has 0 aromatic heterocycles. The first-order chi connectivity index (χ1) is 13.0. The number of amides is 1. The number of hydrogen-bond donors (Lipinski definition) is 1. The van der Waals surface area contributed by atoms with E-state index in [2.05, 4.69) is 24.2 Å². The highest BCUT2D eigenvalue weighted by atomic mass is 35.5. The molecular weight excluding hydrogens is 360 g/mol. The number of hydrogen-bond acceptors (Lipinski definition) is 3. The van der Waals surface area contributed by atoms with Crippen molar-refractivity contribution >= 4 is 29.4 Å². The van der Waals surface area contributed by atoms with Gasteiger partial charge >= 0.3 is 0 Å². The van der Waals surface area contributed by atoms with Crippen molar-refractivity contribution in [3.05, 3.63) is 69.9 Å². The number of methoxy groups -OCH3 is 1. The number of aliphatic imine (C=N–C) groups is 1. The summed E-state index contributed by atoms with van der Waals surface area (Å²) in [7, 11) is 1.67. The van der Waals surface area contributed by atoms with E-state index in [1.54, 1.807) is 7.11 Å². The van der Waals surface area contributed by atoms with Gasteiger partial charge in [-0.25, -0.2) is 4.99 Å². The predicted octanol–water partition coefficient (Wildman–Crippen LogP) is 4.97. The third-order valence-electron chi connectivity index (χ3n) is 4.46. The summed E-state index contributed by atoms with van der Waals surface area (Å²) in [5.74, 6) is 1.70. The molecule has 0 bridgehead atoms. The standard InChI is InChI=1S/C22H23ClN2O2/c1-14(2)18-12-16(7-9-20(18)27-3)13-19-22(26)25-21(24-19)10-8-15-5-4-6-17(23)11-15/h4-7,9,11-14H,8,10H2,1-3H3,(H,24,25,26)/b19-13+. The van der Waals surface area contributed by atoms with E-state index < -0.39 is 0 Å². The Hall–Kier alpha value is -2.59. The van der Waals surface area contributed by atoms with E-state index >= 15 is 0 Å². The lowest BCUT2D eigenvalue weighted by Crippen LogP contribution is -2.24. The van der Waals surface area contributed by atoms with E-state index in [1.165, 1.54) is 0 Å². The van der Waals surface area contributed by atoms with Gasteiger partial charge in [0.15, 0.2) is 0 Å². The summed E-state index contributed by atoms with van der Waals surface area (Å²) in [4.78, 5) is 16.7. The molecular formula is C22H23ClN2O2. The van der Waals surface area contributed by atoms with Gasteiger partial charge in [0, 0.05) is 11.4 Å². The minimum absolute atomic E-state index is 0.169. The SMILES string of the molecule is COc1ccc(/C=C2/N=C(CCc3cccc(Cl)c3)NC2=O)cc1C(C)C. The molecule has 1 heterocycles. The molecule has 0 unspecified atom stereocenters. The third-order valence-corrected chi connectivity index (χ3v) is 4.70. The molecule has 3 rings (SSSR count). The summed E-state index contributed by atoms with van der Waals surface area (Å²) in [5, 5.41) is 3.57. The van der Waals surface area contributed by atoms with Gasteiger partial charge in [0.05, 0.1) is 7.11 Å². The smallest absolute Gasteiger partial charge is 0.275 e. The summed E-state index contributed by atoms with van der Waals surface area (Å²) in [6.45, 7) is 4.23. The monoisotopic (exact) mass is 382 g/mol. The Morgan fingerprint density at radius 1 is 1.19 bits per heavy atom. The maximum atomic E-state index is 12.3. The zero-order chi connectivity index (χ0) is 19.4. The van der Waals surface area contributed by atoms with Gasteiger partial charge in [-0.1, -0.05) is 43.6 Å². The maximum Gasteiger partial charge on any atom is 0.275 e. The lowest BCUT2D eigenvalue weighted by Gasteiger charge is -2.12. The van der Waals surface area contributed by atoms with Gasteiger partial charge in [-0.15, -0.1) is 0 Å². The van der Waals surface area contributed by atoms with Gasteiger partial charge in [0.2, 0.25) is 0 Å². The van der Waals surface area contributed by atoms with E-state index in [0.717, 1.165) is 28.9 Å². The molecule has 0 aliphatic carbocycles. The largest absolute Gasteiger partial charge is 0.496 e. The third kappa shape index (κ3) is 4.77. The summed E-state index contributed by atoms with van der Waals surface area (Å²) in [5.41, 5.74) is 3.59. The molecule has 4 nitrogen and oxygen atoms in total. The Labute approximate surface area is 164 Å². The van der Waals surface area contributed by atoms with Gasteiger partial charge in [-0.3, -0.25) is 4.79 Å². The van der Waals surface area contributed by atoms with E-state index in [1.807, 2.05) is 48.5 Å². The molecule has 1 aliphatic heterocycles. The Bertz CT molecular complexity index is 916. The molecule has 1 amide bonds. The number of nitrogens with zero attached hydrogens (tertiary/aromatic N) is 1. The summed E-state index contributed by atoms with van der Waals surface area (Å²) in [6.07, 6.45) is 3.24. The first-order valence-corrected chi connectivity index (χ1v) is 9.37. The fraction of sp³-hybridized carbons (Fsp3) is 0.273. The Kier molecular flexibility index (Phi) is 5.97. The van der Waals surface area contributed by atoms with Crippen molar-refractivity contribution < 1.29 is 9.53 Å². The molecule has 0 radical (unpaired) electrons. The van der Waals surface area contributed by atoms with E-state index in [-0.39, 0.29) is 5.91 Å². The molecule has 0 saturated heterocycles. The Morgan fingerprint density at radius 2 is 2.00 bits per heavy atom.